The van der Waals surface area contributed by atoms with E-state index < -0.39 is 5.60 Å². The van der Waals surface area contributed by atoms with Crippen molar-refractivity contribution in [3.63, 3.8) is 0 Å². The van der Waals surface area contributed by atoms with Crippen molar-refractivity contribution >= 4 is 17.0 Å². The van der Waals surface area contributed by atoms with Crippen molar-refractivity contribution in [1.29, 1.82) is 0 Å². The van der Waals surface area contributed by atoms with Crippen LogP contribution in [0.2, 0.25) is 0 Å². The molecule has 0 saturated heterocycles. The van der Waals surface area contributed by atoms with Crippen LogP contribution in [0.4, 0.5) is 4.79 Å². The van der Waals surface area contributed by atoms with Gasteiger partial charge in [-0.1, -0.05) is 48.5 Å². The molecule has 124 valence electrons. The lowest BCUT2D eigenvalue weighted by Gasteiger charge is -2.19. The van der Waals surface area contributed by atoms with E-state index in [0.717, 1.165) is 23.7 Å². The maximum Gasteiger partial charge on any atom is 0.419 e. The van der Waals surface area contributed by atoms with Gasteiger partial charge in [-0.25, -0.2) is 4.79 Å². The number of hydrogen-bond donors (Lipinski definition) is 0. The summed E-state index contributed by atoms with van der Waals surface area (Å²) in [5.74, 6) is 0. The average molecular weight is 321 g/mol. The molecule has 0 bridgehead atoms. The Labute approximate surface area is 142 Å². The summed E-state index contributed by atoms with van der Waals surface area (Å²) in [5.41, 5.74) is 2.86. The van der Waals surface area contributed by atoms with Gasteiger partial charge in [0.1, 0.15) is 5.60 Å². The fourth-order valence-corrected chi connectivity index (χ4v) is 2.84. The number of para-hydroxylation sites is 1. The molecule has 2 aromatic carbocycles. The van der Waals surface area contributed by atoms with Gasteiger partial charge in [0.2, 0.25) is 0 Å². The first-order valence-electron chi connectivity index (χ1n) is 8.30. The highest BCUT2D eigenvalue weighted by atomic mass is 16.6. The first-order chi connectivity index (χ1) is 11.4. The highest BCUT2D eigenvalue weighted by molar-refractivity contribution is 5.92. The summed E-state index contributed by atoms with van der Waals surface area (Å²) < 4.78 is 7.16. The van der Waals surface area contributed by atoms with Crippen LogP contribution in [0, 0.1) is 0 Å². The molecule has 0 aliphatic carbocycles. The molecule has 3 heteroatoms. The third-order valence-electron chi connectivity index (χ3n) is 3.91. The molecule has 3 rings (SSSR count). The molecule has 1 aromatic heterocycles. The first-order valence-corrected chi connectivity index (χ1v) is 8.30. The Bertz CT molecular complexity index is 841. The molecule has 3 aromatic rings. The van der Waals surface area contributed by atoms with E-state index in [0.29, 0.717) is 0 Å². The minimum atomic E-state index is -0.507. The number of carbonyl (C=O) groups is 1. The zero-order valence-electron chi connectivity index (χ0n) is 14.5. The molecule has 3 nitrogen and oxygen atoms in total. The predicted molar refractivity (Wildman–Crippen MR) is 97.4 cm³/mol. The number of aromatic nitrogens is 1. The van der Waals surface area contributed by atoms with Gasteiger partial charge in [-0.15, -0.1) is 0 Å². The number of nitrogens with zero attached hydrogens (tertiary/aromatic N) is 1. The Balaban J connectivity index is 1.90. The molecule has 0 fully saturated rings. The van der Waals surface area contributed by atoms with Crippen molar-refractivity contribution in [2.45, 2.75) is 39.2 Å². The van der Waals surface area contributed by atoms with Gasteiger partial charge >= 0.3 is 6.09 Å². The van der Waals surface area contributed by atoms with Crippen molar-refractivity contribution in [3.8, 4) is 0 Å². The minimum absolute atomic E-state index is 0.329. The highest BCUT2D eigenvalue weighted by Crippen LogP contribution is 2.24. The third kappa shape index (κ3) is 3.67. The van der Waals surface area contributed by atoms with Gasteiger partial charge in [-0.05, 0) is 50.8 Å². The van der Waals surface area contributed by atoms with Crippen LogP contribution in [0.15, 0.2) is 60.8 Å². The molecular formula is C21H23NO2. The number of benzene rings is 2. The van der Waals surface area contributed by atoms with E-state index in [1.54, 1.807) is 4.57 Å². The fraction of sp³-hybridized carbons (Fsp3) is 0.286. The number of fused-ring (bicyclic) bond motifs is 1. The number of ether oxygens (including phenoxy) is 1. The summed E-state index contributed by atoms with van der Waals surface area (Å²) in [7, 11) is 0. The fourth-order valence-electron chi connectivity index (χ4n) is 2.84. The second-order valence-electron chi connectivity index (χ2n) is 7.01. The van der Waals surface area contributed by atoms with Gasteiger partial charge in [0.05, 0.1) is 5.52 Å². The first kappa shape index (κ1) is 16.3. The van der Waals surface area contributed by atoms with Crippen LogP contribution in [-0.4, -0.2) is 16.3 Å². The normalized spacial score (nSPS) is 11.6. The van der Waals surface area contributed by atoms with E-state index in [1.165, 1.54) is 11.1 Å². The second-order valence-corrected chi connectivity index (χ2v) is 7.01. The predicted octanol–water partition coefficient (Wildman–Crippen LogP) is 5.21. The molecule has 0 unspecified atom stereocenters. The van der Waals surface area contributed by atoms with E-state index in [9.17, 15) is 4.79 Å². The molecule has 0 aliphatic rings. The number of aryl methyl sites for hydroxylation is 2. The van der Waals surface area contributed by atoms with Crippen LogP contribution in [0.1, 0.15) is 31.9 Å². The van der Waals surface area contributed by atoms with E-state index in [-0.39, 0.29) is 6.09 Å². The zero-order valence-corrected chi connectivity index (χ0v) is 14.5. The van der Waals surface area contributed by atoms with Gasteiger partial charge in [-0.2, -0.15) is 0 Å². The van der Waals surface area contributed by atoms with E-state index in [2.05, 4.69) is 30.3 Å². The Morgan fingerprint density at radius 2 is 1.62 bits per heavy atom. The van der Waals surface area contributed by atoms with Crippen LogP contribution >= 0.6 is 0 Å². The maximum absolute atomic E-state index is 12.5. The molecule has 0 radical (unpaired) electrons. The maximum atomic E-state index is 12.5. The monoisotopic (exact) mass is 321 g/mol. The molecule has 24 heavy (non-hydrogen) atoms. The molecule has 0 N–H and O–H groups in total. The lowest BCUT2D eigenvalue weighted by molar-refractivity contribution is 0.0544. The molecule has 0 amide bonds. The third-order valence-corrected chi connectivity index (χ3v) is 3.91. The van der Waals surface area contributed by atoms with Crippen molar-refractivity contribution in [2.24, 2.45) is 0 Å². The second kappa shape index (κ2) is 6.52. The number of carbonyl (C=O) groups excluding carboxylic acids is 1. The topological polar surface area (TPSA) is 31.2 Å². The standard InChI is InChI=1S/C21H23NO2/c1-21(2,3)24-20(23)22-15-17(18-11-7-8-12-19(18)22)14-13-16-9-5-4-6-10-16/h4-12,15H,13-14H2,1-3H3. The molecule has 0 aliphatic heterocycles. The summed E-state index contributed by atoms with van der Waals surface area (Å²) in [6, 6.07) is 18.4. The Hall–Kier alpha value is -2.55. The van der Waals surface area contributed by atoms with Gasteiger partial charge in [0.25, 0.3) is 0 Å². The summed E-state index contributed by atoms with van der Waals surface area (Å²) in [6.45, 7) is 5.65. The zero-order chi connectivity index (χ0) is 17.2. The van der Waals surface area contributed by atoms with Crippen molar-refractivity contribution in [1.82, 2.24) is 4.57 Å². The van der Waals surface area contributed by atoms with Crippen LogP contribution in [0.3, 0.4) is 0 Å². The molecular weight excluding hydrogens is 298 g/mol. The highest BCUT2D eigenvalue weighted by Gasteiger charge is 2.20. The SMILES string of the molecule is CC(C)(C)OC(=O)n1cc(CCc2ccccc2)c2ccccc21. The molecule has 0 saturated carbocycles. The number of hydrogen-bond acceptors (Lipinski definition) is 2. The number of rotatable bonds is 3. The summed E-state index contributed by atoms with van der Waals surface area (Å²) in [4.78, 5) is 12.5. The smallest absolute Gasteiger partial charge is 0.419 e. The van der Waals surface area contributed by atoms with Gasteiger partial charge in [-0.3, -0.25) is 4.57 Å². The van der Waals surface area contributed by atoms with Crippen molar-refractivity contribution in [3.05, 3.63) is 71.9 Å². The van der Waals surface area contributed by atoms with Crippen LogP contribution in [0.25, 0.3) is 10.9 Å². The van der Waals surface area contributed by atoms with E-state index >= 15 is 0 Å². The van der Waals surface area contributed by atoms with Crippen LogP contribution in [-0.2, 0) is 17.6 Å². The summed E-state index contributed by atoms with van der Waals surface area (Å²) in [5, 5.41) is 1.11. The van der Waals surface area contributed by atoms with Gasteiger partial charge < -0.3 is 4.74 Å². The minimum Gasteiger partial charge on any atom is -0.443 e. The van der Waals surface area contributed by atoms with Gasteiger partial charge in [0, 0.05) is 11.6 Å². The molecule has 1 heterocycles. The van der Waals surface area contributed by atoms with Gasteiger partial charge in [0.15, 0.2) is 0 Å². The van der Waals surface area contributed by atoms with E-state index in [1.807, 2.05) is 51.2 Å². The van der Waals surface area contributed by atoms with Crippen LogP contribution in [0.5, 0.6) is 0 Å². The van der Waals surface area contributed by atoms with Crippen molar-refractivity contribution < 1.29 is 9.53 Å². The lowest BCUT2D eigenvalue weighted by Crippen LogP contribution is -2.26. The largest absolute Gasteiger partial charge is 0.443 e. The van der Waals surface area contributed by atoms with E-state index in [4.69, 9.17) is 4.74 Å². The summed E-state index contributed by atoms with van der Waals surface area (Å²) in [6.07, 6.45) is 3.43. The Morgan fingerprint density at radius 1 is 0.958 bits per heavy atom. The lowest BCUT2D eigenvalue weighted by atomic mass is 10.0. The molecule has 0 spiro atoms. The quantitative estimate of drug-likeness (QED) is 0.663. The molecule has 0 atom stereocenters. The average Bonchev–Trinajstić information content (AvgIpc) is 2.91. The Kier molecular flexibility index (Phi) is 4.43. The van der Waals surface area contributed by atoms with Crippen molar-refractivity contribution in [2.75, 3.05) is 0 Å². The summed E-state index contributed by atoms with van der Waals surface area (Å²) >= 11 is 0. The Morgan fingerprint density at radius 3 is 2.33 bits per heavy atom. The van der Waals surface area contributed by atoms with Crippen LogP contribution < -0.4 is 0 Å².